The molecule has 2 amide bonds. The third-order valence-corrected chi connectivity index (χ3v) is 11.7. The number of amides is 2. The number of hydrogen-bond donors (Lipinski definition) is 2. The standard InChI is InChI=1S/C44H56N4O5/c45-41(49)43(35-13-5-1-6-14-35,36-15-7-2-8-16-36)39-21-23-47(33-39)25-27-51-29-31-53-32-30-52-28-26-48-24-22-40(34-48)44(42(46)50,37-17-9-3-10-18-37)38-19-11-4-12-20-38/h1-19,38-40H,20-34H2,(H2,45,49)(H2,46,50). The summed E-state index contributed by atoms with van der Waals surface area (Å²) in [5.74, 6) is -0.312. The summed E-state index contributed by atoms with van der Waals surface area (Å²) in [7, 11) is 0. The topological polar surface area (TPSA) is 120 Å². The largest absolute Gasteiger partial charge is 0.378 e. The van der Waals surface area contributed by atoms with Crippen LogP contribution in [0.5, 0.6) is 0 Å². The minimum Gasteiger partial charge on any atom is -0.378 e. The zero-order valence-corrected chi connectivity index (χ0v) is 30.9. The summed E-state index contributed by atoms with van der Waals surface area (Å²) in [6.07, 6.45) is 11.0. The van der Waals surface area contributed by atoms with Crippen molar-refractivity contribution in [3.8, 4) is 0 Å². The van der Waals surface area contributed by atoms with Gasteiger partial charge in [0.15, 0.2) is 0 Å². The first kappa shape index (κ1) is 38.6. The van der Waals surface area contributed by atoms with E-state index in [0.29, 0.717) is 39.6 Å². The molecule has 0 saturated carbocycles. The lowest BCUT2D eigenvalue weighted by Gasteiger charge is -2.42. The summed E-state index contributed by atoms with van der Waals surface area (Å²) in [5, 5.41) is 0. The van der Waals surface area contributed by atoms with Crippen molar-refractivity contribution in [3.63, 3.8) is 0 Å². The van der Waals surface area contributed by atoms with Crippen LogP contribution in [-0.4, -0.2) is 101 Å². The van der Waals surface area contributed by atoms with E-state index in [9.17, 15) is 9.59 Å². The van der Waals surface area contributed by atoms with Crippen LogP contribution in [0.25, 0.3) is 0 Å². The lowest BCUT2D eigenvalue weighted by molar-refractivity contribution is -0.127. The van der Waals surface area contributed by atoms with Crippen molar-refractivity contribution >= 4 is 11.8 Å². The normalized spacial score (nSPS) is 21.8. The second-order valence-corrected chi connectivity index (χ2v) is 14.6. The number of carbonyl (C=O) groups is 2. The monoisotopic (exact) mass is 720 g/mol. The lowest BCUT2D eigenvalue weighted by Crippen LogP contribution is -2.53. The molecule has 1 aliphatic carbocycles. The molecular formula is C44H56N4O5. The van der Waals surface area contributed by atoms with Crippen LogP contribution in [0.15, 0.2) is 115 Å². The molecule has 3 aromatic carbocycles. The molecule has 0 radical (unpaired) electrons. The SMILES string of the molecule is NC(=O)C(c1ccccc1)(c1ccccc1)C1CCN(CCOCCOCCOCCN2CCC(C(C(N)=O)(c3ccccc3)C3C=CC=CC3)C2)C1. The fourth-order valence-corrected chi connectivity index (χ4v) is 9.16. The molecule has 0 bridgehead atoms. The number of ether oxygens (including phenoxy) is 3. The second kappa shape index (κ2) is 18.8. The highest BCUT2D eigenvalue weighted by atomic mass is 16.5. The predicted molar refractivity (Wildman–Crippen MR) is 208 cm³/mol. The number of primary amides is 2. The number of hydrogen-bond acceptors (Lipinski definition) is 7. The first-order chi connectivity index (χ1) is 26.0. The Labute approximate surface area is 315 Å². The Hall–Kier alpha value is -4.12. The van der Waals surface area contributed by atoms with Crippen LogP contribution in [0, 0.1) is 17.8 Å². The number of nitrogens with zero attached hydrogens (tertiary/aromatic N) is 2. The van der Waals surface area contributed by atoms with Crippen molar-refractivity contribution in [1.29, 1.82) is 0 Å². The van der Waals surface area contributed by atoms with Crippen molar-refractivity contribution < 1.29 is 23.8 Å². The van der Waals surface area contributed by atoms with Crippen LogP contribution in [0.4, 0.5) is 0 Å². The molecule has 0 aromatic heterocycles. The van der Waals surface area contributed by atoms with Crippen molar-refractivity contribution in [3.05, 3.63) is 132 Å². The highest BCUT2D eigenvalue weighted by molar-refractivity contribution is 5.91. The van der Waals surface area contributed by atoms with E-state index in [1.807, 2.05) is 91.0 Å². The van der Waals surface area contributed by atoms with Gasteiger partial charge in [-0.1, -0.05) is 115 Å². The van der Waals surface area contributed by atoms with Crippen LogP contribution in [0.1, 0.15) is 36.0 Å². The summed E-state index contributed by atoms with van der Waals surface area (Å²) in [5.41, 5.74) is 13.8. The molecule has 4 N–H and O–H groups in total. The van der Waals surface area contributed by atoms with E-state index in [4.69, 9.17) is 25.7 Å². The molecule has 4 unspecified atom stereocenters. The average Bonchev–Trinajstić information content (AvgIpc) is 3.87. The van der Waals surface area contributed by atoms with Gasteiger partial charge in [0.05, 0.1) is 45.1 Å². The molecule has 282 valence electrons. The van der Waals surface area contributed by atoms with Crippen LogP contribution >= 0.6 is 0 Å². The third kappa shape index (κ3) is 8.66. The molecule has 6 rings (SSSR count). The van der Waals surface area contributed by atoms with Crippen LogP contribution in [-0.2, 0) is 34.6 Å². The number of rotatable bonds is 20. The van der Waals surface area contributed by atoms with Crippen molar-refractivity contribution in [2.24, 2.45) is 29.2 Å². The lowest BCUT2D eigenvalue weighted by atomic mass is 9.60. The predicted octanol–water partition coefficient (Wildman–Crippen LogP) is 4.71. The van der Waals surface area contributed by atoms with Crippen LogP contribution < -0.4 is 11.5 Å². The smallest absolute Gasteiger partial charge is 0.232 e. The molecule has 2 saturated heterocycles. The fraction of sp³-hybridized carbons (Fsp3) is 0.455. The molecule has 9 heteroatoms. The minimum absolute atomic E-state index is 0.0377. The van der Waals surface area contributed by atoms with Gasteiger partial charge < -0.3 is 35.5 Å². The van der Waals surface area contributed by atoms with Gasteiger partial charge in [0.1, 0.15) is 5.41 Å². The molecule has 3 aliphatic rings. The second-order valence-electron chi connectivity index (χ2n) is 14.6. The maximum absolute atomic E-state index is 13.4. The summed E-state index contributed by atoms with van der Waals surface area (Å²) in [4.78, 5) is 31.4. The van der Waals surface area contributed by atoms with Crippen molar-refractivity contribution in [2.45, 2.75) is 30.1 Å². The van der Waals surface area contributed by atoms with E-state index in [1.54, 1.807) is 0 Å². The van der Waals surface area contributed by atoms with Crippen LogP contribution in [0.2, 0.25) is 0 Å². The van der Waals surface area contributed by atoms with Gasteiger partial charge in [0.2, 0.25) is 11.8 Å². The van der Waals surface area contributed by atoms with Gasteiger partial charge in [-0.05, 0) is 66.8 Å². The molecule has 9 nitrogen and oxygen atoms in total. The average molecular weight is 721 g/mol. The van der Waals surface area contributed by atoms with Gasteiger partial charge in [-0.15, -0.1) is 0 Å². The first-order valence-corrected chi connectivity index (χ1v) is 19.2. The van der Waals surface area contributed by atoms with E-state index < -0.39 is 10.8 Å². The highest BCUT2D eigenvalue weighted by Gasteiger charge is 2.52. The molecule has 2 aliphatic heterocycles. The third-order valence-electron chi connectivity index (χ3n) is 11.7. The summed E-state index contributed by atoms with van der Waals surface area (Å²) in [6.45, 7) is 8.24. The maximum Gasteiger partial charge on any atom is 0.232 e. The van der Waals surface area contributed by atoms with E-state index in [2.05, 4.69) is 34.1 Å². The van der Waals surface area contributed by atoms with Gasteiger partial charge >= 0.3 is 0 Å². The van der Waals surface area contributed by atoms with Crippen molar-refractivity contribution in [2.75, 3.05) is 78.9 Å². The first-order valence-electron chi connectivity index (χ1n) is 19.2. The molecule has 2 fully saturated rings. The Balaban J connectivity index is 0.870. The molecule has 3 aromatic rings. The van der Waals surface area contributed by atoms with E-state index in [-0.39, 0.29) is 29.6 Å². The Morgan fingerprint density at radius 3 is 1.55 bits per heavy atom. The molecule has 4 atom stereocenters. The maximum atomic E-state index is 13.4. The number of likely N-dealkylation sites (tertiary alicyclic amines) is 2. The Bertz CT molecular complexity index is 1610. The number of benzene rings is 3. The molecular weight excluding hydrogens is 665 g/mol. The van der Waals surface area contributed by atoms with Gasteiger partial charge in [0, 0.05) is 26.2 Å². The van der Waals surface area contributed by atoms with Gasteiger partial charge in [-0.3, -0.25) is 9.59 Å². The number of allylic oxidation sites excluding steroid dienone is 4. The van der Waals surface area contributed by atoms with E-state index in [0.717, 1.165) is 75.2 Å². The highest BCUT2D eigenvalue weighted by Crippen LogP contribution is 2.47. The zero-order chi connectivity index (χ0) is 36.9. The van der Waals surface area contributed by atoms with Crippen LogP contribution in [0.3, 0.4) is 0 Å². The molecule has 0 spiro atoms. The van der Waals surface area contributed by atoms with E-state index >= 15 is 0 Å². The number of nitrogens with two attached hydrogens (primary N) is 2. The van der Waals surface area contributed by atoms with Gasteiger partial charge in [-0.25, -0.2) is 0 Å². The zero-order valence-electron chi connectivity index (χ0n) is 30.9. The fourth-order valence-electron chi connectivity index (χ4n) is 9.16. The summed E-state index contributed by atoms with van der Waals surface area (Å²) < 4.78 is 17.6. The summed E-state index contributed by atoms with van der Waals surface area (Å²) in [6, 6.07) is 30.1. The Morgan fingerprint density at radius 1 is 0.604 bits per heavy atom. The molecule has 53 heavy (non-hydrogen) atoms. The van der Waals surface area contributed by atoms with Crippen molar-refractivity contribution in [1.82, 2.24) is 9.80 Å². The minimum atomic E-state index is -0.880. The Morgan fingerprint density at radius 2 is 1.08 bits per heavy atom. The molecule has 2 heterocycles. The van der Waals surface area contributed by atoms with Gasteiger partial charge in [-0.2, -0.15) is 0 Å². The number of carbonyl (C=O) groups excluding carboxylic acids is 2. The quantitative estimate of drug-likeness (QED) is 0.162. The van der Waals surface area contributed by atoms with Gasteiger partial charge in [0.25, 0.3) is 0 Å². The Kier molecular flexibility index (Phi) is 13.7. The van der Waals surface area contributed by atoms with E-state index in [1.165, 1.54) is 0 Å². The summed E-state index contributed by atoms with van der Waals surface area (Å²) >= 11 is 0.